The van der Waals surface area contributed by atoms with E-state index in [1.54, 1.807) is 0 Å². The summed E-state index contributed by atoms with van der Waals surface area (Å²) in [4.78, 5) is 0. The number of ether oxygens (including phenoxy) is 1. The van der Waals surface area contributed by atoms with Crippen LogP contribution in [0.15, 0.2) is 36.4 Å². The summed E-state index contributed by atoms with van der Waals surface area (Å²) in [5.41, 5.74) is 6.42. The van der Waals surface area contributed by atoms with Gasteiger partial charge in [-0.15, -0.1) is 0 Å². The van der Waals surface area contributed by atoms with Crippen LogP contribution in [0.5, 0.6) is 5.75 Å². The van der Waals surface area contributed by atoms with E-state index in [4.69, 9.17) is 22.1 Å². The zero-order chi connectivity index (χ0) is 13.1. The molecule has 0 amide bonds. The molecule has 0 bridgehead atoms. The van der Waals surface area contributed by atoms with Crippen molar-refractivity contribution in [3.05, 3.63) is 58.6 Å². The second-order valence-electron chi connectivity index (χ2n) is 3.71. The topological polar surface area (TPSA) is 35.2 Å². The summed E-state index contributed by atoms with van der Waals surface area (Å²) in [5.74, 6) is -0.485. The highest BCUT2D eigenvalue weighted by molar-refractivity contribution is 6.31. The lowest BCUT2D eigenvalue weighted by atomic mass is 10.2. The van der Waals surface area contributed by atoms with Crippen molar-refractivity contribution in [3.8, 4) is 5.75 Å². The third-order valence-corrected chi connectivity index (χ3v) is 2.72. The van der Waals surface area contributed by atoms with Gasteiger partial charge in [0, 0.05) is 11.6 Å². The molecule has 0 unspecified atom stereocenters. The second kappa shape index (κ2) is 5.23. The smallest absolute Gasteiger partial charge is 0.142 e. The Hall–Kier alpha value is -1.81. The van der Waals surface area contributed by atoms with Crippen LogP contribution < -0.4 is 10.5 Å². The first-order valence-corrected chi connectivity index (χ1v) is 5.56. The third kappa shape index (κ3) is 2.90. The summed E-state index contributed by atoms with van der Waals surface area (Å²) in [7, 11) is 0. The number of rotatable bonds is 3. The number of benzene rings is 2. The molecule has 0 saturated carbocycles. The van der Waals surface area contributed by atoms with Crippen molar-refractivity contribution in [2.24, 2.45) is 0 Å². The molecule has 0 atom stereocenters. The molecule has 0 spiro atoms. The maximum atomic E-state index is 12.8. The van der Waals surface area contributed by atoms with E-state index >= 15 is 0 Å². The molecule has 2 N–H and O–H groups in total. The molecular weight excluding hydrogens is 260 g/mol. The van der Waals surface area contributed by atoms with Crippen molar-refractivity contribution in [2.75, 3.05) is 5.73 Å². The monoisotopic (exact) mass is 269 g/mol. The van der Waals surface area contributed by atoms with Gasteiger partial charge < -0.3 is 10.5 Å². The molecule has 2 nitrogen and oxygen atoms in total. The van der Waals surface area contributed by atoms with Gasteiger partial charge in [-0.05, 0) is 24.3 Å². The molecule has 0 aromatic heterocycles. The zero-order valence-corrected chi connectivity index (χ0v) is 10.0. The number of halogens is 3. The van der Waals surface area contributed by atoms with Gasteiger partial charge in [0.25, 0.3) is 0 Å². The average molecular weight is 270 g/mol. The van der Waals surface area contributed by atoms with Crippen LogP contribution >= 0.6 is 11.6 Å². The van der Waals surface area contributed by atoms with E-state index in [-0.39, 0.29) is 17.3 Å². The van der Waals surface area contributed by atoms with Crippen LogP contribution in [0.4, 0.5) is 14.5 Å². The summed E-state index contributed by atoms with van der Waals surface area (Å²) in [6.07, 6.45) is 0. The predicted molar refractivity (Wildman–Crippen MR) is 66.6 cm³/mol. The van der Waals surface area contributed by atoms with Gasteiger partial charge in [-0.3, -0.25) is 0 Å². The highest BCUT2D eigenvalue weighted by atomic mass is 35.5. The first-order valence-electron chi connectivity index (χ1n) is 5.18. The minimum absolute atomic E-state index is 0.134. The van der Waals surface area contributed by atoms with Crippen LogP contribution in [-0.2, 0) is 6.61 Å². The molecule has 0 radical (unpaired) electrons. The number of nitrogens with two attached hydrogens (primary N) is 1. The second-order valence-corrected chi connectivity index (χ2v) is 4.11. The molecular formula is C13H10ClF2NO. The summed E-state index contributed by atoms with van der Waals surface area (Å²) in [6, 6.07) is 7.87. The van der Waals surface area contributed by atoms with Gasteiger partial charge in [0.1, 0.15) is 24.0 Å². The number of hydrogen-bond acceptors (Lipinski definition) is 2. The van der Waals surface area contributed by atoms with E-state index in [2.05, 4.69) is 0 Å². The highest BCUT2D eigenvalue weighted by Crippen LogP contribution is 2.24. The molecule has 18 heavy (non-hydrogen) atoms. The van der Waals surface area contributed by atoms with Crippen LogP contribution in [-0.4, -0.2) is 0 Å². The summed E-state index contributed by atoms with van der Waals surface area (Å²) in [5, 5.41) is 0.274. The minimum atomic E-state index is -0.431. The maximum Gasteiger partial charge on any atom is 0.142 e. The van der Waals surface area contributed by atoms with E-state index < -0.39 is 11.6 Å². The molecule has 0 aliphatic carbocycles. The van der Waals surface area contributed by atoms with Crippen molar-refractivity contribution < 1.29 is 13.5 Å². The normalized spacial score (nSPS) is 10.4. The average Bonchev–Trinajstić information content (AvgIpc) is 2.30. The fourth-order valence-electron chi connectivity index (χ4n) is 1.45. The molecule has 0 aliphatic heterocycles. The lowest BCUT2D eigenvalue weighted by Crippen LogP contribution is -2.00. The van der Waals surface area contributed by atoms with Gasteiger partial charge in [0.15, 0.2) is 0 Å². The molecule has 0 fully saturated rings. The van der Waals surface area contributed by atoms with E-state index in [1.807, 2.05) is 0 Å². The molecule has 0 saturated heterocycles. The molecule has 5 heteroatoms. The molecule has 2 aromatic carbocycles. The Kier molecular flexibility index (Phi) is 3.67. The van der Waals surface area contributed by atoms with Crippen LogP contribution in [0.25, 0.3) is 0 Å². The van der Waals surface area contributed by atoms with E-state index in [1.165, 1.54) is 36.4 Å². The lowest BCUT2D eigenvalue weighted by Gasteiger charge is -2.10. The fourth-order valence-corrected chi connectivity index (χ4v) is 1.67. The van der Waals surface area contributed by atoms with Gasteiger partial charge in [-0.1, -0.05) is 17.7 Å². The Balaban J connectivity index is 2.11. The van der Waals surface area contributed by atoms with Gasteiger partial charge >= 0.3 is 0 Å². The van der Waals surface area contributed by atoms with E-state index in [9.17, 15) is 8.78 Å². The van der Waals surface area contributed by atoms with Gasteiger partial charge in [0.2, 0.25) is 0 Å². The molecule has 0 aliphatic rings. The van der Waals surface area contributed by atoms with E-state index in [0.29, 0.717) is 11.3 Å². The zero-order valence-electron chi connectivity index (χ0n) is 9.29. The van der Waals surface area contributed by atoms with Crippen molar-refractivity contribution in [1.29, 1.82) is 0 Å². The summed E-state index contributed by atoms with van der Waals surface area (Å²) in [6.45, 7) is 0.134. The minimum Gasteiger partial charge on any atom is -0.487 e. The molecule has 2 aromatic rings. The van der Waals surface area contributed by atoms with Crippen molar-refractivity contribution >= 4 is 17.3 Å². The summed E-state index contributed by atoms with van der Waals surface area (Å²) >= 11 is 5.85. The predicted octanol–water partition coefficient (Wildman–Crippen LogP) is 3.78. The van der Waals surface area contributed by atoms with Gasteiger partial charge in [-0.2, -0.15) is 0 Å². The van der Waals surface area contributed by atoms with Crippen LogP contribution in [0, 0.1) is 11.6 Å². The van der Waals surface area contributed by atoms with Crippen molar-refractivity contribution in [3.63, 3.8) is 0 Å². The first-order chi connectivity index (χ1) is 8.56. The third-order valence-electron chi connectivity index (χ3n) is 2.37. The number of anilines is 1. The Morgan fingerprint density at radius 2 is 1.72 bits per heavy atom. The van der Waals surface area contributed by atoms with E-state index in [0.717, 1.165) is 0 Å². The summed E-state index contributed by atoms with van der Waals surface area (Å²) < 4.78 is 31.1. The first kappa shape index (κ1) is 12.6. The lowest BCUT2D eigenvalue weighted by molar-refractivity contribution is 0.307. The number of hydrogen-bond donors (Lipinski definition) is 1. The Morgan fingerprint density at radius 1 is 1.06 bits per heavy atom. The van der Waals surface area contributed by atoms with Crippen molar-refractivity contribution in [2.45, 2.75) is 6.61 Å². The molecule has 2 rings (SSSR count). The van der Waals surface area contributed by atoms with Gasteiger partial charge in [0.05, 0.1) is 10.7 Å². The van der Waals surface area contributed by atoms with Crippen molar-refractivity contribution in [1.82, 2.24) is 0 Å². The Bertz CT molecular complexity index is 523. The Labute approximate surface area is 108 Å². The van der Waals surface area contributed by atoms with Crippen LogP contribution in [0.1, 0.15) is 5.56 Å². The standard InChI is InChI=1S/C13H10ClF2NO/c14-11-5-9(15)2-1-8(11)7-18-13-4-3-10(16)6-12(13)17/h1-6H,7,17H2. The number of nitrogen functional groups attached to an aromatic ring is 1. The molecule has 94 valence electrons. The quantitative estimate of drug-likeness (QED) is 0.861. The SMILES string of the molecule is Nc1cc(F)ccc1OCc1ccc(F)cc1Cl. The molecule has 0 heterocycles. The fraction of sp³-hybridized carbons (Fsp3) is 0.0769. The van der Waals surface area contributed by atoms with Crippen LogP contribution in [0.3, 0.4) is 0 Å². The van der Waals surface area contributed by atoms with Crippen LogP contribution in [0.2, 0.25) is 5.02 Å². The Morgan fingerprint density at radius 3 is 2.39 bits per heavy atom. The maximum absolute atomic E-state index is 12.8. The van der Waals surface area contributed by atoms with Gasteiger partial charge in [-0.25, -0.2) is 8.78 Å². The largest absolute Gasteiger partial charge is 0.487 e. The highest BCUT2D eigenvalue weighted by Gasteiger charge is 2.05.